The quantitative estimate of drug-likeness (QED) is 0.613. The van der Waals surface area contributed by atoms with Gasteiger partial charge in [0.2, 0.25) is 5.91 Å². The second-order valence-electron chi connectivity index (χ2n) is 6.46. The lowest BCUT2D eigenvalue weighted by Gasteiger charge is -2.08. The molecule has 2 aromatic carbocycles. The van der Waals surface area contributed by atoms with Gasteiger partial charge in [-0.3, -0.25) is 9.59 Å². The monoisotopic (exact) mass is 398 g/mol. The normalized spacial score (nSPS) is 10.6. The van der Waals surface area contributed by atoms with Crippen LogP contribution in [0.15, 0.2) is 61.2 Å². The van der Waals surface area contributed by atoms with Gasteiger partial charge in [0.25, 0.3) is 5.91 Å². The van der Waals surface area contributed by atoms with Crippen LogP contribution in [0.25, 0.3) is 0 Å². The van der Waals surface area contributed by atoms with Crippen LogP contribution in [0.1, 0.15) is 27.9 Å². The molecule has 0 fully saturated rings. The van der Waals surface area contributed by atoms with E-state index in [9.17, 15) is 18.4 Å². The number of benzene rings is 2. The van der Waals surface area contributed by atoms with E-state index in [-0.39, 0.29) is 24.4 Å². The van der Waals surface area contributed by atoms with Crippen molar-refractivity contribution in [2.45, 2.75) is 19.5 Å². The predicted molar refractivity (Wildman–Crippen MR) is 103 cm³/mol. The highest BCUT2D eigenvalue weighted by Crippen LogP contribution is 2.09. The minimum atomic E-state index is -0.941. The van der Waals surface area contributed by atoms with Crippen LogP contribution in [0.3, 0.4) is 0 Å². The van der Waals surface area contributed by atoms with E-state index in [1.807, 2.05) is 35.0 Å². The Labute approximate surface area is 166 Å². The maximum atomic E-state index is 13.5. The van der Waals surface area contributed by atoms with Crippen molar-refractivity contribution in [3.63, 3.8) is 0 Å². The molecule has 0 unspecified atom stereocenters. The molecule has 8 heteroatoms. The van der Waals surface area contributed by atoms with E-state index < -0.39 is 17.5 Å². The second-order valence-corrected chi connectivity index (χ2v) is 6.46. The molecule has 0 aliphatic carbocycles. The van der Waals surface area contributed by atoms with Crippen LogP contribution >= 0.6 is 0 Å². The van der Waals surface area contributed by atoms with Gasteiger partial charge in [-0.05, 0) is 23.3 Å². The van der Waals surface area contributed by atoms with Crippen molar-refractivity contribution in [2.24, 2.45) is 0 Å². The van der Waals surface area contributed by atoms with Crippen LogP contribution in [-0.2, 0) is 17.9 Å². The number of carbonyl (C=O) groups excluding carboxylic acids is 2. The van der Waals surface area contributed by atoms with E-state index in [1.165, 1.54) is 0 Å². The van der Waals surface area contributed by atoms with Crippen LogP contribution in [0.5, 0.6) is 0 Å². The maximum Gasteiger partial charge on any atom is 0.254 e. The Morgan fingerprint density at radius 1 is 1.00 bits per heavy atom. The number of amides is 2. The third kappa shape index (κ3) is 5.97. The van der Waals surface area contributed by atoms with Gasteiger partial charge < -0.3 is 15.2 Å². The summed E-state index contributed by atoms with van der Waals surface area (Å²) in [5.74, 6) is -2.63. The summed E-state index contributed by atoms with van der Waals surface area (Å²) in [7, 11) is 0. The van der Waals surface area contributed by atoms with E-state index in [0.717, 1.165) is 29.8 Å². The van der Waals surface area contributed by atoms with Crippen molar-refractivity contribution in [1.82, 2.24) is 20.2 Å². The van der Waals surface area contributed by atoms with Crippen LogP contribution in [0.2, 0.25) is 0 Å². The van der Waals surface area contributed by atoms with E-state index in [2.05, 4.69) is 15.6 Å². The standard InChI is InChI=1S/C21H20F2N4O2/c22-17-5-6-18(19(23)11-17)21(29)25-8-7-20(28)26-12-15-1-3-16(4-2-15)13-27-10-9-24-14-27/h1-6,9-11,14H,7-8,12-13H2,(H,25,29)(H,26,28). The summed E-state index contributed by atoms with van der Waals surface area (Å²) in [6.45, 7) is 1.14. The van der Waals surface area contributed by atoms with Crippen molar-refractivity contribution in [3.05, 3.63) is 89.5 Å². The van der Waals surface area contributed by atoms with Gasteiger partial charge in [-0.1, -0.05) is 24.3 Å². The van der Waals surface area contributed by atoms with Crippen LogP contribution in [-0.4, -0.2) is 27.9 Å². The Morgan fingerprint density at radius 3 is 2.45 bits per heavy atom. The molecule has 150 valence electrons. The van der Waals surface area contributed by atoms with Gasteiger partial charge in [0, 0.05) is 44.5 Å². The molecule has 0 radical (unpaired) electrons. The Kier molecular flexibility index (Phi) is 6.67. The average Bonchev–Trinajstić information content (AvgIpc) is 3.20. The van der Waals surface area contributed by atoms with E-state index >= 15 is 0 Å². The molecule has 2 amide bonds. The van der Waals surface area contributed by atoms with Crippen molar-refractivity contribution in [3.8, 4) is 0 Å². The number of carbonyl (C=O) groups is 2. The molecule has 3 aromatic rings. The highest BCUT2D eigenvalue weighted by Gasteiger charge is 2.12. The number of halogens is 2. The topological polar surface area (TPSA) is 76.0 Å². The summed E-state index contributed by atoms with van der Waals surface area (Å²) >= 11 is 0. The minimum Gasteiger partial charge on any atom is -0.352 e. The van der Waals surface area contributed by atoms with Gasteiger partial charge >= 0.3 is 0 Å². The number of hydrogen-bond donors (Lipinski definition) is 2. The van der Waals surface area contributed by atoms with Gasteiger partial charge in [0.1, 0.15) is 11.6 Å². The highest BCUT2D eigenvalue weighted by atomic mass is 19.1. The zero-order chi connectivity index (χ0) is 20.6. The summed E-state index contributed by atoms with van der Waals surface area (Å²) in [6, 6.07) is 10.6. The van der Waals surface area contributed by atoms with Crippen molar-refractivity contribution >= 4 is 11.8 Å². The van der Waals surface area contributed by atoms with Gasteiger partial charge in [-0.2, -0.15) is 0 Å². The van der Waals surface area contributed by atoms with Crippen LogP contribution in [0, 0.1) is 11.6 Å². The minimum absolute atomic E-state index is 0.0470. The van der Waals surface area contributed by atoms with Crippen molar-refractivity contribution in [1.29, 1.82) is 0 Å². The molecule has 0 aliphatic heterocycles. The fourth-order valence-corrected chi connectivity index (χ4v) is 2.70. The summed E-state index contributed by atoms with van der Waals surface area (Å²) in [5.41, 5.74) is 1.81. The molecule has 6 nitrogen and oxygen atoms in total. The Balaban J connectivity index is 1.39. The first-order valence-electron chi connectivity index (χ1n) is 9.05. The SMILES string of the molecule is O=C(CCNC(=O)c1ccc(F)cc1F)NCc1ccc(Cn2ccnc2)cc1. The first-order valence-corrected chi connectivity index (χ1v) is 9.05. The highest BCUT2D eigenvalue weighted by molar-refractivity contribution is 5.94. The Morgan fingerprint density at radius 2 is 1.76 bits per heavy atom. The van der Waals surface area contributed by atoms with E-state index in [4.69, 9.17) is 0 Å². The molecule has 0 atom stereocenters. The number of aromatic nitrogens is 2. The zero-order valence-electron chi connectivity index (χ0n) is 15.6. The summed E-state index contributed by atoms with van der Waals surface area (Å²) < 4.78 is 28.4. The molecule has 1 heterocycles. The van der Waals surface area contributed by atoms with E-state index in [0.29, 0.717) is 12.6 Å². The van der Waals surface area contributed by atoms with Gasteiger partial charge in [0.05, 0.1) is 11.9 Å². The fraction of sp³-hybridized carbons (Fsp3) is 0.190. The molecule has 2 N–H and O–H groups in total. The third-order valence-electron chi connectivity index (χ3n) is 4.25. The molecule has 0 aliphatic rings. The molecule has 3 rings (SSSR count). The van der Waals surface area contributed by atoms with Gasteiger partial charge in [-0.15, -0.1) is 0 Å². The molecule has 0 saturated carbocycles. The largest absolute Gasteiger partial charge is 0.352 e. The first kappa shape index (κ1) is 20.2. The lowest BCUT2D eigenvalue weighted by atomic mass is 10.1. The summed E-state index contributed by atoms with van der Waals surface area (Å²) in [5, 5.41) is 5.21. The van der Waals surface area contributed by atoms with E-state index in [1.54, 1.807) is 12.5 Å². The summed E-state index contributed by atoms with van der Waals surface area (Å²) in [6.07, 6.45) is 5.41. The Bertz CT molecular complexity index is 973. The molecular formula is C21H20F2N4O2. The average molecular weight is 398 g/mol. The first-order chi connectivity index (χ1) is 14.0. The smallest absolute Gasteiger partial charge is 0.254 e. The maximum absolute atomic E-state index is 13.5. The molecule has 0 bridgehead atoms. The van der Waals surface area contributed by atoms with Crippen molar-refractivity contribution < 1.29 is 18.4 Å². The van der Waals surface area contributed by atoms with Crippen LogP contribution < -0.4 is 10.6 Å². The number of imidazole rings is 1. The molecule has 0 saturated heterocycles. The van der Waals surface area contributed by atoms with Crippen LogP contribution in [0.4, 0.5) is 8.78 Å². The van der Waals surface area contributed by atoms with Gasteiger partial charge in [-0.25, -0.2) is 13.8 Å². The molecule has 29 heavy (non-hydrogen) atoms. The second kappa shape index (κ2) is 9.59. The number of hydrogen-bond acceptors (Lipinski definition) is 3. The predicted octanol–water partition coefficient (Wildman–Crippen LogP) is 2.65. The number of rotatable bonds is 8. The lowest BCUT2D eigenvalue weighted by Crippen LogP contribution is -2.31. The zero-order valence-corrected chi connectivity index (χ0v) is 15.6. The molecular weight excluding hydrogens is 378 g/mol. The van der Waals surface area contributed by atoms with Gasteiger partial charge in [0.15, 0.2) is 0 Å². The summed E-state index contributed by atoms with van der Waals surface area (Å²) in [4.78, 5) is 27.8. The van der Waals surface area contributed by atoms with Crippen molar-refractivity contribution in [2.75, 3.05) is 6.54 Å². The third-order valence-corrected chi connectivity index (χ3v) is 4.25. The molecule has 1 aromatic heterocycles. The Hall–Kier alpha value is -3.55. The lowest BCUT2D eigenvalue weighted by molar-refractivity contribution is -0.121. The molecule has 0 spiro atoms. The number of nitrogens with zero attached hydrogens (tertiary/aromatic N) is 2. The number of nitrogens with one attached hydrogen (secondary N) is 2. The fourth-order valence-electron chi connectivity index (χ4n) is 2.70.